The van der Waals surface area contributed by atoms with Crippen LogP contribution in [-0.2, 0) is 12.8 Å². The average Bonchev–Trinajstić information content (AvgIpc) is 2.26. The van der Waals surface area contributed by atoms with Gasteiger partial charge in [0.1, 0.15) is 0 Å². The van der Waals surface area contributed by atoms with Crippen LogP contribution in [0.4, 0.5) is 0 Å². The fourth-order valence-corrected chi connectivity index (χ4v) is 1.82. The van der Waals surface area contributed by atoms with E-state index in [1.807, 2.05) is 13.8 Å². The van der Waals surface area contributed by atoms with E-state index in [0.29, 0.717) is 23.8 Å². The van der Waals surface area contributed by atoms with Crippen molar-refractivity contribution in [2.75, 3.05) is 0 Å². The monoisotopic (exact) mass is 222 g/mol. The molecule has 0 radical (unpaired) electrons. The molecule has 6 heteroatoms. The van der Waals surface area contributed by atoms with Crippen molar-refractivity contribution in [3.8, 4) is 0 Å². The Morgan fingerprint density at radius 1 is 0.812 bits per heavy atom. The van der Waals surface area contributed by atoms with Gasteiger partial charge in [-0.05, 0) is 34.9 Å². The first kappa shape index (κ1) is 13.3. The van der Waals surface area contributed by atoms with Crippen LogP contribution in [0.15, 0.2) is 12.1 Å². The molecule has 0 unspecified atom stereocenters. The van der Waals surface area contributed by atoms with Gasteiger partial charge < -0.3 is 20.1 Å². The first-order valence-corrected chi connectivity index (χ1v) is 5.39. The molecular formula is C10H16B2O4. The van der Waals surface area contributed by atoms with Crippen LogP contribution in [0, 0.1) is 0 Å². The standard InChI is InChI=1S/C10H16B2O4/c1-3-7-5-10(12(15)16)8(4-2)6-9(7)11(13)14/h5-6,13-16H,3-4H2,1-2H3. The smallest absolute Gasteiger partial charge is 0.423 e. The molecule has 4 N–H and O–H groups in total. The van der Waals surface area contributed by atoms with Gasteiger partial charge in [-0.1, -0.05) is 26.0 Å². The number of hydrogen-bond acceptors (Lipinski definition) is 4. The summed E-state index contributed by atoms with van der Waals surface area (Å²) in [6, 6.07) is 3.25. The van der Waals surface area contributed by atoms with E-state index < -0.39 is 14.2 Å². The minimum absolute atomic E-state index is 0.434. The molecule has 0 aliphatic heterocycles. The molecule has 0 saturated heterocycles. The van der Waals surface area contributed by atoms with Crippen LogP contribution < -0.4 is 10.9 Å². The molecule has 0 aliphatic rings. The van der Waals surface area contributed by atoms with E-state index in [-0.39, 0.29) is 0 Å². The first-order chi connectivity index (χ1) is 7.51. The highest BCUT2D eigenvalue weighted by Gasteiger charge is 2.22. The molecule has 0 heterocycles. The summed E-state index contributed by atoms with van der Waals surface area (Å²) in [4.78, 5) is 0. The second kappa shape index (κ2) is 5.50. The van der Waals surface area contributed by atoms with E-state index >= 15 is 0 Å². The maximum Gasteiger partial charge on any atom is 0.488 e. The van der Waals surface area contributed by atoms with Gasteiger partial charge >= 0.3 is 14.2 Å². The van der Waals surface area contributed by atoms with E-state index in [1.165, 1.54) is 0 Å². The van der Waals surface area contributed by atoms with Crippen molar-refractivity contribution in [1.82, 2.24) is 0 Å². The number of rotatable bonds is 4. The molecule has 0 fully saturated rings. The van der Waals surface area contributed by atoms with E-state index in [4.69, 9.17) is 0 Å². The topological polar surface area (TPSA) is 80.9 Å². The minimum Gasteiger partial charge on any atom is -0.423 e. The van der Waals surface area contributed by atoms with Crippen LogP contribution in [-0.4, -0.2) is 34.3 Å². The molecule has 0 spiro atoms. The van der Waals surface area contributed by atoms with Gasteiger partial charge in [0.2, 0.25) is 0 Å². The molecule has 0 atom stereocenters. The third kappa shape index (κ3) is 2.65. The summed E-state index contributed by atoms with van der Waals surface area (Å²) in [5.41, 5.74) is 2.30. The molecule has 1 aromatic carbocycles. The van der Waals surface area contributed by atoms with E-state index in [0.717, 1.165) is 11.1 Å². The van der Waals surface area contributed by atoms with Crippen molar-refractivity contribution in [2.45, 2.75) is 26.7 Å². The van der Waals surface area contributed by atoms with Crippen LogP contribution in [0.1, 0.15) is 25.0 Å². The lowest BCUT2D eigenvalue weighted by atomic mass is 9.69. The molecule has 0 bridgehead atoms. The van der Waals surface area contributed by atoms with Crippen molar-refractivity contribution in [3.63, 3.8) is 0 Å². The van der Waals surface area contributed by atoms with Crippen molar-refractivity contribution >= 4 is 25.2 Å². The number of hydrogen-bond donors (Lipinski definition) is 4. The fraction of sp³-hybridized carbons (Fsp3) is 0.400. The molecular weight excluding hydrogens is 206 g/mol. The van der Waals surface area contributed by atoms with Crippen LogP contribution in [0.3, 0.4) is 0 Å². The van der Waals surface area contributed by atoms with Crippen molar-refractivity contribution in [2.24, 2.45) is 0 Å². The fourth-order valence-electron chi connectivity index (χ4n) is 1.82. The van der Waals surface area contributed by atoms with Crippen molar-refractivity contribution in [3.05, 3.63) is 23.3 Å². The zero-order chi connectivity index (χ0) is 12.3. The quantitative estimate of drug-likeness (QED) is 0.451. The normalized spacial score (nSPS) is 10.4. The number of benzene rings is 1. The van der Waals surface area contributed by atoms with Gasteiger partial charge in [-0.3, -0.25) is 0 Å². The Morgan fingerprint density at radius 3 is 1.31 bits per heavy atom. The van der Waals surface area contributed by atoms with Crippen molar-refractivity contribution < 1.29 is 20.1 Å². The molecule has 0 aromatic heterocycles. The lowest BCUT2D eigenvalue weighted by molar-refractivity contribution is 0.423. The lowest BCUT2D eigenvalue weighted by Crippen LogP contribution is -2.40. The summed E-state index contributed by atoms with van der Waals surface area (Å²) in [5.74, 6) is 0. The Bertz CT molecular complexity index is 330. The van der Waals surface area contributed by atoms with E-state index in [9.17, 15) is 20.1 Å². The maximum atomic E-state index is 9.22. The molecule has 1 rings (SSSR count). The summed E-state index contributed by atoms with van der Waals surface area (Å²) in [5, 5.41) is 36.9. The molecule has 0 aliphatic carbocycles. The third-order valence-electron chi connectivity index (χ3n) is 2.72. The summed E-state index contributed by atoms with van der Waals surface area (Å²) in [6.07, 6.45) is 1.22. The molecule has 0 saturated carbocycles. The van der Waals surface area contributed by atoms with Crippen LogP contribution in [0.2, 0.25) is 0 Å². The Balaban J connectivity index is 3.34. The Morgan fingerprint density at radius 2 is 1.12 bits per heavy atom. The van der Waals surface area contributed by atoms with Crippen molar-refractivity contribution in [1.29, 1.82) is 0 Å². The maximum absolute atomic E-state index is 9.22. The molecule has 0 amide bonds. The second-order valence-electron chi connectivity index (χ2n) is 3.70. The first-order valence-electron chi connectivity index (χ1n) is 5.39. The van der Waals surface area contributed by atoms with Gasteiger partial charge in [0.25, 0.3) is 0 Å². The Hall–Kier alpha value is -0.810. The molecule has 4 nitrogen and oxygen atoms in total. The van der Waals surface area contributed by atoms with Gasteiger partial charge in [-0.2, -0.15) is 0 Å². The van der Waals surface area contributed by atoms with Gasteiger partial charge in [0.15, 0.2) is 0 Å². The van der Waals surface area contributed by atoms with Gasteiger partial charge in [-0.25, -0.2) is 0 Å². The largest absolute Gasteiger partial charge is 0.488 e. The van der Waals surface area contributed by atoms with Gasteiger partial charge in [-0.15, -0.1) is 0 Å². The summed E-state index contributed by atoms with van der Waals surface area (Å²) in [7, 11) is -3.05. The third-order valence-corrected chi connectivity index (χ3v) is 2.72. The Labute approximate surface area is 95.9 Å². The number of aryl methyl sites for hydroxylation is 2. The highest BCUT2D eigenvalue weighted by atomic mass is 16.4. The lowest BCUT2D eigenvalue weighted by Gasteiger charge is -2.14. The summed E-state index contributed by atoms with van der Waals surface area (Å²) >= 11 is 0. The summed E-state index contributed by atoms with van der Waals surface area (Å²) in [6.45, 7) is 3.75. The zero-order valence-corrected chi connectivity index (χ0v) is 9.51. The second-order valence-corrected chi connectivity index (χ2v) is 3.70. The molecule has 86 valence electrons. The minimum atomic E-state index is -1.52. The molecule has 16 heavy (non-hydrogen) atoms. The predicted octanol–water partition coefficient (Wildman–Crippen LogP) is -1.83. The van der Waals surface area contributed by atoms with Crippen LogP contribution in [0.5, 0.6) is 0 Å². The van der Waals surface area contributed by atoms with Crippen LogP contribution in [0.25, 0.3) is 0 Å². The zero-order valence-electron chi connectivity index (χ0n) is 9.51. The summed E-state index contributed by atoms with van der Waals surface area (Å²) < 4.78 is 0. The van der Waals surface area contributed by atoms with E-state index in [2.05, 4.69) is 0 Å². The van der Waals surface area contributed by atoms with Crippen LogP contribution >= 0.6 is 0 Å². The van der Waals surface area contributed by atoms with E-state index in [1.54, 1.807) is 12.1 Å². The molecule has 1 aromatic rings. The Kier molecular flexibility index (Phi) is 4.55. The average molecular weight is 222 g/mol. The SMILES string of the molecule is CCc1cc(B(O)O)c(CC)cc1B(O)O. The highest BCUT2D eigenvalue weighted by Crippen LogP contribution is 2.03. The highest BCUT2D eigenvalue weighted by molar-refractivity contribution is 6.61. The van der Waals surface area contributed by atoms with Gasteiger partial charge in [0.05, 0.1) is 0 Å². The van der Waals surface area contributed by atoms with Gasteiger partial charge in [0, 0.05) is 0 Å². The predicted molar refractivity (Wildman–Crippen MR) is 64.8 cm³/mol.